The fraction of sp³-hybridized carbons (Fsp3) is 1.00. The lowest BCUT2D eigenvalue weighted by molar-refractivity contribution is 0.350. The van der Waals surface area contributed by atoms with Crippen molar-refractivity contribution in [3.05, 3.63) is 0 Å². The van der Waals surface area contributed by atoms with E-state index in [0.29, 0.717) is 6.04 Å². The lowest BCUT2D eigenvalue weighted by atomic mass is 10.0. The molecule has 0 radical (unpaired) electrons. The fourth-order valence-corrected chi connectivity index (χ4v) is 1.11. The number of hydrogen-bond acceptors (Lipinski definition) is 2. The molecule has 0 aliphatic rings. The first-order valence-corrected chi connectivity index (χ1v) is 4.42. The molecule has 0 saturated carbocycles. The van der Waals surface area contributed by atoms with Crippen LogP contribution in [0.25, 0.3) is 0 Å². The van der Waals surface area contributed by atoms with Gasteiger partial charge in [0.25, 0.3) is 0 Å². The minimum atomic E-state index is 0.354. The van der Waals surface area contributed by atoms with Crippen molar-refractivity contribution in [2.75, 3.05) is 20.6 Å². The van der Waals surface area contributed by atoms with Crippen molar-refractivity contribution in [1.29, 1.82) is 0 Å². The van der Waals surface area contributed by atoms with Crippen LogP contribution >= 0.6 is 0 Å². The molecule has 0 aromatic carbocycles. The molecule has 2 nitrogen and oxygen atoms in total. The molecule has 0 aliphatic heterocycles. The van der Waals surface area contributed by atoms with Gasteiger partial charge in [0.2, 0.25) is 0 Å². The minimum Gasteiger partial charge on any atom is -0.327 e. The Bertz CT molecular complexity index is 89.6. The molecule has 0 amide bonds. The van der Waals surface area contributed by atoms with Crippen molar-refractivity contribution in [2.45, 2.75) is 32.7 Å². The normalized spacial score (nSPS) is 14.5. The van der Waals surface area contributed by atoms with Gasteiger partial charge in [-0.2, -0.15) is 0 Å². The van der Waals surface area contributed by atoms with Gasteiger partial charge in [0.15, 0.2) is 0 Å². The predicted octanol–water partition coefficient (Wildman–Crippen LogP) is 1.31. The summed E-state index contributed by atoms with van der Waals surface area (Å²) in [5.41, 5.74) is 5.88. The number of hydrogen-bond donors (Lipinski definition) is 1. The molecule has 68 valence electrons. The predicted molar refractivity (Wildman–Crippen MR) is 50.6 cm³/mol. The number of nitrogens with zero attached hydrogens (tertiary/aromatic N) is 1. The highest BCUT2D eigenvalue weighted by Crippen LogP contribution is 2.05. The van der Waals surface area contributed by atoms with Crippen molar-refractivity contribution in [2.24, 2.45) is 11.7 Å². The molecular formula is C9H22N2. The molecule has 0 rings (SSSR count). The lowest BCUT2D eigenvalue weighted by Gasteiger charge is -2.17. The van der Waals surface area contributed by atoms with E-state index in [1.54, 1.807) is 0 Å². The largest absolute Gasteiger partial charge is 0.327 e. The first kappa shape index (κ1) is 10.9. The Morgan fingerprint density at radius 1 is 1.18 bits per heavy atom. The van der Waals surface area contributed by atoms with Crippen LogP contribution < -0.4 is 5.73 Å². The van der Waals surface area contributed by atoms with E-state index in [2.05, 4.69) is 32.8 Å². The van der Waals surface area contributed by atoms with Crippen molar-refractivity contribution in [1.82, 2.24) is 4.90 Å². The summed E-state index contributed by atoms with van der Waals surface area (Å²) in [7, 11) is 4.13. The first-order valence-electron chi connectivity index (χ1n) is 4.42. The van der Waals surface area contributed by atoms with E-state index in [-0.39, 0.29) is 0 Å². The van der Waals surface area contributed by atoms with Crippen molar-refractivity contribution in [3.63, 3.8) is 0 Å². The first-order chi connectivity index (χ1) is 5.02. The van der Waals surface area contributed by atoms with Crippen LogP contribution in [0.4, 0.5) is 0 Å². The van der Waals surface area contributed by atoms with Gasteiger partial charge in [-0.25, -0.2) is 0 Å². The molecule has 0 aliphatic carbocycles. The van der Waals surface area contributed by atoms with Crippen LogP contribution in [0.3, 0.4) is 0 Å². The van der Waals surface area contributed by atoms with Crippen LogP contribution in [0.2, 0.25) is 0 Å². The van der Waals surface area contributed by atoms with E-state index >= 15 is 0 Å². The third-order valence-electron chi connectivity index (χ3n) is 1.71. The second-order valence-electron chi connectivity index (χ2n) is 3.99. The molecule has 0 aromatic rings. The maximum Gasteiger partial charge on any atom is 0.0167 e. The van der Waals surface area contributed by atoms with E-state index in [9.17, 15) is 0 Å². The van der Waals surface area contributed by atoms with Crippen molar-refractivity contribution < 1.29 is 0 Å². The van der Waals surface area contributed by atoms with Gasteiger partial charge in [0.05, 0.1) is 0 Å². The van der Waals surface area contributed by atoms with Gasteiger partial charge < -0.3 is 10.6 Å². The second-order valence-corrected chi connectivity index (χ2v) is 3.99. The Morgan fingerprint density at radius 2 is 1.73 bits per heavy atom. The van der Waals surface area contributed by atoms with E-state index in [0.717, 1.165) is 18.9 Å². The quantitative estimate of drug-likeness (QED) is 0.653. The van der Waals surface area contributed by atoms with E-state index < -0.39 is 0 Å². The zero-order valence-corrected chi connectivity index (χ0v) is 8.30. The van der Waals surface area contributed by atoms with Crippen LogP contribution in [0, 0.1) is 5.92 Å². The van der Waals surface area contributed by atoms with Gasteiger partial charge >= 0.3 is 0 Å². The Hall–Kier alpha value is -0.0800. The molecule has 1 atom stereocenters. The van der Waals surface area contributed by atoms with Crippen LogP contribution in [0.1, 0.15) is 26.7 Å². The van der Waals surface area contributed by atoms with Crippen molar-refractivity contribution >= 4 is 0 Å². The summed E-state index contributed by atoms with van der Waals surface area (Å²) in [4.78, 5) is 2.14. The third kappa shape index (κ3) is 7.82. The lowest BCUT2D eigenvalue weighted by Crippen LogP contribution is -2.33. The second kappa shape index (κ2) is 5.56. The van der Waals surface area contributed by atoms with Crippen LogP contribution in [-0.4, -0.2) is 31.6 Å². The molecule has 0 aromatic heterocycles. The summed E-state index contributed by atoms with van der Waals surface area (Å²) in [6.07, 6.45) is 2.39. The maximum atomic E-state index is 5.88. The molecule has 0 bridgehead atoms. The summed E-state index contributed by atoms with van der Waals surface area (Å²) in [5, 5.41) is 0. The van der Waals surface area contributed by atoms with Gasteiger partial charge in [-0.15, -0.1) is 0 Å². The molecule has 0 fully saturated rings. The smallest absolute Gasteiger partial charge is 0.0167 e. The highest BCUT2D eigenvalue weighted by molar-refractivity contribution is 4.64. The fourth-order valence-electron chi connectivity index (χ4n) is 1.11. The molecule has 11 heavy (non-hydrogen) atoms. The SMILES string of the molecule is CC(C)CCC(N)CN(C)C. The molecule has 2 N–H and O–H groups in total. The summed E-state index contributed by atoms with van der Waals surface area (Å²) < 4.78 is 0. The topological polar surface area (TPSA) is 29.3 Å². The molecule has 0 spiro atoms. The van der Waals surface area contributed by atoms with Crippen molar-refractivity contribution in [3.8, 4) is 0 Å². The minimum absolute atomic E-state index is 0.354. The van der Waals surface area contributed by atoms with Crippen LogP contribution in [0.15, 0.2) is 0 Å². The zero-order chi connectivity index (χ0) is 8.85. The van der Waals surface area contributed by atoms with E-state index in [1.807, 2.05) is 0 Å². The average Bonchev–Trinajstić information content (AvgIpc) is 1.82. The summed E-state index contributed by atoms with van der Waals surface area (Å²) in [6, 6.07) is 0.354. The van der Waals surface area contributed by atoms with Gasteiger partial charge in [-0.3, -0.25) is 0 Å². The summed E-state index contributed by atoms with van der Waals surface area (Å²) >= 11 is 0. The molecular weight excluding hydrogens is 136 g/mol. The highest BCUT2D eigenvalue weighted by atomic mass is 15.1. The number of likely N-dealkylation sites (N-methyl/N-ethyl adjacent to an activating group) is 1. The van der Waals surface area contributed by atoms with Crippen LogP contribution in [-0.2, 0) is 0 Å². The highest BCUT2D eigenvalue weighted by Gasteiger charge is 2.04. The van der Waals surface area contributed by atoms with Crippen LogP contribution in [0.5, 0.6) is 0 Å². The van der Waals surface area contributed by atoms with Gasteiger partial charge in [-0.1, -0.05) is 13.8 Å². The number of nitrogens with two attached hydrogens (primary N) is 1. The van der Waals surface area contributed by atoms with Gasteiger partial charge in [-0.05, 0) is 32.9 Å². The Balaban J connectivity index is 3.29. The zero-order valence-electron chi connectivity index (χ0n) is 8.30. The van der Waals surface area contributed by atoms with E-state index in [4.69, 9.17) is 5.73 Å². The molecule has 1 unspecified atom stereocenters. The van der Waals surface area contributed by atoms with E-state index in [1.165, 1.54) is 6.42 Å². The third-order valence-corrected chi connectivity index (χ3v) is 1.71. The van der Waals surface area contributed by atoms with Gasteiger partial charge in [0.1, 0.15) is 0 Å². The molecule has 0 heterocycles. The Morgan fingerprint density at radius 3 is 2.09 bits per heavy atom. The molecule has 2 heteroatoms. The van der Waals surface area contributed by atoms with Gasteiger partial charge in [0, 0.05) is 12.6 Å². The Kier molecular flexibility index (Phi) is 5.51. The molecule has 0 saturated heterocycles. The summed E-state index contributed by atoms with van der Waals surface area (Å²) in [5.74, 6) is 0.781. The number of rotatable bonds is 5. The average molecular weight is 158 g/mol. The summed E-state index contributed by atoms with van der Waals surface area (Å²) in [6.45, 7) is 5.48. The maximum absolute atomic E-state index is 5.88. The standard InChI is InChI=1S/C9H22N2/c1-8(2)5-6-9(10)7-11(3)4/h8-9H,5-7,10H2,1-4H3. The monoisotopic (exact) mass is 158 g/mol. The Labute approximate surface area is 70.8 Å².